The van der Waals surface area contributed by atoms with E-state index in [0.29, 0.717) is 0 Å². The number of hydrogen-bond acceptors (Lipinski definition) is 3. The van der Waals surface area contributed by atoms with Gasteiger partial charge in [0.15, 0.2) is 0 Å². The van der Waals surface area contributed by atoms with E-state index in [-0.39, 0.29) is 0 Å². The molecule has 1 heterocycles. The van der Waals surface area contributed by atoms with Gasteiger partial charge in [0.05, 0.1) is 0 Å². The molecule has 0 aliphatic heterocycles. The summed E-state index contributed by atoms with van der Waals surface area (Å²) in [5.74, 6) is -13.4. The van der Waals surface area contributed by atoms with E-state index >= 15 is 0 Å². The van der Waals surface area contributed by atoms with Crippen molar-refractivity contribution in [3.63, 3.8) is 0 Å². The maximum Gasteiger partial charge on any atom is 0.460 e. The van der Waals surface area contributed by atoms with Crippen LogP contribution in [0.5, 0.6) is 0 Å². The Labute approximate surface area is 338 Å². The van der Waals surface area contributed by atoms with Crippen LogP contribution >= 0.6 is 0 Å². The number of unbranched alkanes of at least 4 members (excludes halogenated alkanes) is 29. The second kappa shape index (κ2) is 31.4. The first-order valence-electron chi connectivity index (χ1n) is 22.1. The quantitative estimate of drug-likeness (QED) is 0.0414. The Bertz CT molecular complexity index is 1200. The number of hydrogen-bond donors (Lipinski definition) is 1. The lowest BCUT2D eigenvalue weighted by molar-refractivity contribution is -0.382. The van der Waals surface area contributed by atoms with E-state index in [1.807, 2.05) is 6.20 Å². The van der Waals surface area contributed by atoms with Crippen molar-refractivity contribution < 1.29 is 52.5 Å². The van der Waals surface area contributed by atoms with Gasteiger partial charge in [-0.05, 0) is 12.8 Å². The summed E-state index contributed by atoms with van der Waals surface area (Å²) in [5.41, 5.74) is 0. The van der Waals surface area contributed by atoms with Crippen molar-refractivity contribution in [3.8, 4) is 0 Å². The van der Waals surface area contributed by atoms with Crippen molar-refractivity contribution in [3.05, 3.63) is 18.2 Å². The topological polar surface area (TPSA) is 72.2 Å². The Balaban J connectivity index is 0.00000154. The smallest absolute Gasteiger partial charge is 0.335 e. The van der Waals surface area contributed by atoms with Crippen molar-refractivity contribution >= 4 is 10.1 Å². The highest BCUT2D eigenvalue weighted by atomic mass is 32.2. The van der Waals surface area contributed by atoms with Gasteiger partial charge >= 0.3 is 33.4 Å². The zero-order valence-corrected chi connectivity index (χ0v) is 35.8. The van der Waals surface area contributed by atoms with E-state index in [1.165, 1.54) is 218 Å². The van der Waals surface area contributed by atoms with Crippen molar-refractivity contribution in [2.24, 2.45) is 0 Å². The van der Waals surface area contributed by atoms with Gasteiger partial charge in [0.2, 0.25) is 0 Å². The lowest BCUT2D eigenvalue weighted by Gasteiger charge is -2.31. The van der Waals surface area contributed by atoms with Crippen molar-refractivity contribution in [1.29, 1.82) is 0 Å². The monoisotopic (exact) mass is 859 g/mol. The minimum absolute atomic E-state index is 1.17. The van der Waals surface area contributed by atoms with Crippen LogP contribution < -0.4 is 0 Å². The Morgan fingerprint density at radius 1 is 0.491 bits per heavy atom. The van der Waals surface area contributed by atoms with Gasteiger partial charge in [-0.1, -0.05) is 200 Å². The molecule has 0 atom stereocenters. The van der Waals surface area contributed by atoms with E-state index in [9.17, 15) is 47.9 Å². The minimum atomic E-state index is -7.37. The Kier molecular flexibility index (Phi) is 30.5. The number of halogens is 9. The molecule has 1 rings (SSSR count). The Morgan fingerprint density at radius 2 is 0.789 bits per heavy atom. The predicted molar refractivity (Wildman–Crippen MR) is 213 cm³/mol. The lowest BCUT2D eigenvalue weighted by atomic mass is 10.0. The van der Waals surface area contributed by atoms with E-state index in [1.54, 1.807) is 0 Å². The number of imidazole rings is 1. The van der Waals surface area contributed by atoms with E-state index in [4.69, 9.17) is 4.55 Å². The molecule has 340 valence electrons. The van der Waals surface area contributed by atoms with Crippen LogP contribution in [-0.2, 0) is 23.1 Å². The molecule has 0 radical (unpaired) electrons. The molecule has 0 unspecified atom stereocenters. The summed E-state index contributed by atoms with van der Waals surface area (Å²) in [5, 5.41) is -7.00. The fourth-order valence-electron chi connectivity index (χ4n) is 6.78. The van der Waals surface area contributed by atoms with Crippen LogP contribution in [0.2, 0.25) is 0 Å². The zero-order valence-electron chi connectivity index (χ0n) is 35.0. The molecule has 15 heteroatoms. The first-order valence-corrected chi connectivity index (χ1v) is 23.5. The van der Waals surface area contributed by atoms with Gasteiger partial charge in [-0.3, -0.25) is 4.55 Å². The summed E-state index contributed by atoms with van der Waals surface area (Å²) in [6.07, 6.45) is 42.8. The number of nitrogens with zero attached hydrogens (tertiary/aromatic N) is 2. The van der Waals surface area contributed by atoms with Gasteiger partial charge in [-0.25, -0.2) is 4.98 Å². The summed E-state index contributed by atoms with van der Waals surface area (Å²) < 4.78 is 136. The van der Waals surface area contributed by atoms with Gasteiger partial charge in [0, 0.05) is 25.4 Å². The van der Waals surface area contributed by atoms with E-state index < -0.39 is 33.4 Å². The third-order valence-electron chi connectivity index (χ3n) is 10.5. The summed E-state index contributed by atoms with van der Waals surface area (Å²) in [4.78, 5) is 4.67. The molecule has 0 aromatic carbocycles. The van der Waals surface area contributed by atoms with Crippen LogP contribution in [0.15, 0.2) is 12.4 Å². The first-order chi connectivity index (χ1) is 26.9. The van der Waals surface area contributed by atoms with Crippen molar-refractivity contribution in [1.82, 2.24) is 9.55 Å². The third kappa shape index (κ3) is 23.8. The highest BCUT2D eigenvalue weighted by Crippen LogP contribution is 2.54. The molecule has 1 aromatic heterocycles. The van der Waals surface area contributed by atoms with Crippen molar-refractivity contribution in [2.45, 2.75) is 249 Å². The van der Waals surface area contributed by atoms with Crippen LogP contribution in [0, 0.1) is 0 Å². The standard InChI is InChI=1S/C38H74N2.C4HF9O3S/c1-3-5-7-9-11-13-15-17-19-21-23-25-27-29-31-33-36-40-37-35-39-38(40)34-32-30-28-26-24-22-20-18-16-14-12-10-8-6-4-2;5-1(6,3(9,10)11)2(7,8)4(12,13)17(14,15)16/h35,37H,3-34,36H2,1-2H3;(H,14,15,16). The molecule has 0 aliphatic carbocycles. The normalized spacial score (nSPS) is 12.9. The van der Waals surface area contributed by atoms with Crippen LogP contribution in [0.3, 0.4) is 0 Å². The minimum Gasteiger partial charge on any atom is -0.335 e. The van der Waals surface area contributed by atoms with E-state index in [2.05, 4.69) is 29.6 Å². The second-order valence-corrected chi connectivity index (χ2v) is 17.1. The molecule has 0 saturated heterocycles. The maximum absolute atomic E-state index is 12.2. The summed E-state index contributed by atoms with van der Waals surface area (Å²) in [6.45, 7) is 5.78. The average molecular weight is 859 g/mol. The summed E-state index contributed by atoms with van der Waals surface area (Å²) in [6, 6.07) is 0. The predicted octanol–water partition coefficient (Wildman–Crippen LogP) is 15.9. The highest BCUT2D eigenvalue weighted by molar-refractivity contribution is 7.87. The first kappa shape index (κ1) is 55.5. The third-order valence-corrected chi connectivity index (χ3v) is 11.4. The number of aryl methyl sites for hydroxylation is 2. The van der Waals surface area contributed by atoms with Gasteiger partial charge in [0.25, 0.3) is 0 Å². The molecule has 0 amide bonds. The van der Waals surface area contributed by atoms with Crippen LogP contribution in [0.1, 0.15) is 219 Å². The molecular weight excluding hydrogens is 784 g/mol. The fraction of sp³-hybridized carbons (Fsp3) is 0.929. The van der Waals surface area contributed by atoms with E-state index in [0.717, 1.165) is 0 Å². The number of alkyl halides is 9. The van der Waals surface area contributed by atoms with Crippen LogP contribution in [0.25, 0.3) is 0 Å². The SMILES string of the molecule is CCCCCCCCCCCCCCCCCCn1ccnc1CCCCCCCCCCCCCCCCC.O=S(=O)(O)C(F)(F)C(F)(F)C(F)(F)C(F)(F)F. The number of rotatable bonds is 36. The largest absolute Gasteiger partial charge is 0.460 e. The summed E-state index contributed by atoms with van der Waals surface area (Å²) >= 11 is 0. The molecular formula is C42H75F9N2O3S. The average Bonchev–Trinajstić information content (AvgIpc) is 3.59. The van der Waals surface area contributed by atoms with Crippen LogP contribution in [-0.4, -0.2) is 45.8 Å². The maximum atomic E-state index is 12.2. The zero-order chi connectivity index (χ0) is 43.1. The van der Waals surface area contributed by atoms with Crippen molar-refractivity contribution in [2.75, 3.05) is 0 Å². The highest BCUT2D eigenvalue weighted by Gasteiger charge is 2.85. The Hall–Kier alpha value is -1.51. The Morgan fingerprint density at radius 3 is 1.09 bits per heavy atom. The molecule has 0 spiro atoms. The molecule has 0 aliphatic rings. The van der Waals surface area contributed by atoms with Gasteiger partial charge < -0.3 is 4.57 Å². The molecule has 0 saturated carbocycles. The molecule has 57 heavy (non-hydrogen) atoms. The van der Waals surface area contributed by atoms with Gasteiger partial charge in [-0.15, -0.1) is 0 Å². The fourth-order valence-corrected chi connectivity index (χ4v) is 7.23. The lowest BCUT2D eigenvalue weighted by Crippen LogP contribution is -2.63. The number of aromatic nitrogens is 2. The summed E-state index contributed by atoms with van der Waals surface area (Å²) in [7, 11) is -7.17. The van der Waals surface area contributed by atoms with Crippen LogP contribution in [0.4, 0.5) is 39.5 Å². The molecule has 0 bridgehead atoms. The molecule has 1 N–H and O–H groups in total. The molecule has 5 nitrogen and oxygen atoms in total. The van der Waals surface area contributed by atoms with Gasteiger partial charge in [0.1, 0.15) is 5.82 Å². The molecule has 1 aromatic rings. The second-order valence-electron chi connectivity index (χ2n) is 15.7. The molecule has 0 fully saturated rings. The van der Waals surface area contributed by atoms with Gasteiger partial charge in [-0.2, -0.15) is 47.9 Å².